The molecule has 0 aliphatic carbocycles. The van der Waals surface area contributed by atoms with Crippen LogP contribution in [-0.2, 0) is 11.2 Å². The average molecular weight is 234 g/mol. The van der Waals surface area contributed by atoms with Gasteiger partial charge >= 0.3 is 5.97 Å². The van der Waals surface area contributed by atoms with Crippen molar-refractivity contribution in [3.8, 4) is 0 Å². The summed E-state index contributed by atoms with van der Waals surface area (Å²) in [5.41, 5.74) is 0.0804. The van der Waals surface area contributed by atoms with Crippen LogP contribution in [0.3, 0.4) is 0 Å². The molecule has 0 unspecified atom stereocenters. The molecule has 64 valence electrons. The van der Waals surface area contributed by atoms with E-state index in [1.165, 1.54) is 12.3 Å². The molecule has 0 atom stereocenters. The second-order valence-electron chi connectivity index (χ2n) is 2.17. The largest absolute Gasteiger partial charge is 0.481 e. The van der Waals surface area contributed by atoms with Gasteiger partial charge in [0.15, 0.2) is 0 Å². The van der Waals surface area contributed by atoms with E-state index in [4.69, 9.17) is 5.11 Å². The number of pyridine rings is 1. The highest BCUT2D eigenvalue weighted by molar-refractivity contribution is 9.10. The summed E-state index contributed by atoms with van der Waals surface area (Å²) in [7, 11) is 0. The number of nitrogens with zero attached hydrogens (tertiary/aromatic N) is 1. The van der Waals surface area contributed by atoms with Crippen LogP contribution in [0.25, 0.3) is 0 Å². The number of carboxylic acids is 1. The molecule has 1 aromatic rings. The van der Waals surface area contributed by atoms with Crippen molar-refractivity contribution in [2.45, 2.75) is 6.42 Å². The second-order valence-corrected chi connectivity index (χ2v) is 3.09. The second kappa shape index (κ2) is 3.62. The topological polar surface area (TPSA) is 50.2 Å². The van der Waals surface area contributed by atoms with Crippen LogP contribution in [0.5, 0.6) is 0 Å². The summed E-state index contributed by atoms with van der Waals surface area (Å²) in [4.78, 5) is 13.6. The first-order valence-electron chi connectivity index (χ1n) is 3.11. The summed E-state index contributed by atoms with van der Waals surface area (Å²) in [6, 6.07) is 1.40. The minimum atomic E-state index is -1.08. The van der Waals surface area contributed by atoms with Crippen LogP contribution in [-0.4, -0.2) is 16.1 Å². The fourth-order valence-electron chi connectivity index (χ4n) is 0.751. The van der Waals surface area contributed by atoms with Crippen LogP contribution < -0.4 is 0 Å². The number of aromatic nitrogens is 1. The lowest BCUT2D eigenvalue weighted by Crippen LogP contribution is -2.03. The van der Waals surface area contributed by atoms with Crippen molar-refractivity contribution in [3.05, 3.63) is 28.2 Å². The zero-order valence-electron chi connectivity index (χ0n) is 5.92. The van der Waals surface area contributed by atoms with Crippen molar-refractivity contribution < 1.29 is 14.3 Å². The molecule has 5 heteroatoms. The number of rotatable bonds is 2. The van der Waals surface area contributed by atoms with Crippen LogP contribution in [0.15, 0.2) is 16.7 Å². The van der Waals surface area contributed by atoms with Crippen molar-refractivity contribution in [1.82, 2.24) is 4.98 Å². The van der Waals surface area contributed by atoms with Gasteiger partial charge < -0.3 is 5.11 Å². The number of halogens is 2. The molecular weight excluding hydrogens is 229 g/mol. The quantitative estimate of drug-likeness (QED) is 0.790. The summed E-state index contributed by atoms with van der Waals surface area (Å²) < 4.78 is 13.3. The van der Waals surface area contributed by atoms with E-state index in [1.54, 1.807) is 0 Å². The van der Waals surface area contributed by atoms with E-state index in [2.05, 4.69) is 20.9 Å². The number of carbonyl (C=O) groups is 1. The molecule has 0 radical (unpaired) electrons. The normalized spacial score (nSPS) is 9.83. The standard InChI is InChI=1S/C7H5BrFNO2/c8-5-1-4(2-6(11)12)7(9)10-3-5/h1,3H,2H2,(H,11,12). The lowest BCUT2D eigenvalue weighted by Gasteiger charge is -1.98. The fourth-order valence-corrected chi connectivity index (χ4v) is 1.13. The highest BCUT2D eigenvalue weighted by atomic mass is 79.9. The predicted molar refractivity (Wildman–Crippen MR) is 43.2 cm³/mol. The maximum Gasteiger partial charge on any atom is 0.307 e. The molecule has 0 bridgehead atoms. The first-order chi connectivity index (χ1) is 5.59. The van der Waals surface area contributed by atoms with Gasteiger partial charge in [-0.3, -0.25) is 4.79 Å². The first kappa shape index (κ1) is 9.12. The van der Waals surface area contributed by atoms with Gasteiger partial charge in [0.25, 0.3) is 0 Å². The van der Waals surface area contributed by atoms with Crippen molar-refractivity contribution >= 4 is 21.9 Å². The molecule has 1 aromatic heterocycles. The Morgan fingerprint density at radius 2 is 2.42 bits per heavy atom. The zero-order chi connectivity index (χ0) is 9.14. The minimum Gasteiger partial charge on any atom is -0.481 e. The van der Waals surface area contributed by atoms with Crippen LogP contribution >= 0.6 is 15.9 Å². The van der Waals surface area contributed by atoms with Gasteiger partial charge in [-0.05, 0) is 22.0 Å². The Hall–Kier alpha value is -0.970. The van der Waals surface area contributed by atoms with E-state index in [-0.39, 0.29) is 12.0 Å². The average Bonchev–Trinajstić information content (AvgIpc) is 1.96. The van der Waals surface area contributed by atoms with Gasteiger partial charge in [0.1, 0.15) is 0 Å². The third-order valence-electron chi connectivity index (χ3n) is 1.22. The van der Waals surface area contributed by atoms with E-state index in [9.17, 15) is 9.18 Å². The first-order valence-corrected chi connectivity index (χ1v) is 3.90. The summed E-state index contributed by atoms with van der Waals surface area (Å²) in [5, 5.41) is 8.37. The highest BCUT2D eigenvalue weighted by Gasteiger charge is 2.07. The highest BCUT2D eigenvalue weighted by Crippen LogP contribution is 2.13. The molecule has 0 amide bonds. The smallest absolute Gasteiger partial charge is 0.307 e. The summed E-state index contributed by atoms with van der Waals surface area (Å²) in [6.07, 6.45) is 0.930. The predicted octanol–water partition coefficient (Wildman–Crippen LogP) is 1.61. The number of aliphatic carboxylic acids is 1. The third-order valence-corrected chi connectivity index (χ3v) is 1.65. The van der Waals surface area contributed by atoms with Gasteiger partial charge in [0.2, 0.25) is 5.95 Å². The van der Waals surface area contributed by atoms with Crippen molar-refractivity contribution in [2.75, 3.05) is 0 Å². The van der Waals surface area contributed by atoms with Crippen LogP contribution in [0.2, 0.25) is 0 Å². The molecule has 0 saturated carbocycles. The van der Waals surface area contributed by atoms with Crippen molar-refractivity contribution in [3.63, 3.8) is 0 Å². The Morgan fingerprint density at radius 1 is 1.75 bits per heavy atom. The Kier molecular flexibility index (Phi) is 2.75. The van der Waals surface area contributed by atoms with Crippen molar-refractivity contribution in [1.29, 1.82) is 0 Å². The van der Waals surface area contributed by atoms with Gasteiger partial charge in [-0.15, -0.1) is 0 Å². The van der Waals surface area contributed by atoms with Crippen LogP contribution in [0.4, 0.5) is 4.39 Å². The third kappa shape index (κ3) is 2.27. The molecule has 1 heterocycles. The molecular formula is C7H5BrFNO2. The molecule has 0 aliphatic heterocycles. The van der Waals surface area contributed by atoms with Crippen molar-refractivity contribution in [2.24, 2.45) is 0 Å². The Balaban J connectivity index is 2.97. The van der Waals surface area contributed by atoms with E-state index in [0.29, 0.717) is 4.47 Å². The Morgan fingerprint density at radius 3 is 3.00 bits per heavy atom. The van der Waals surface area contributed by atoms with Crippen LogP contribution in [0, 0.1) is 5.95 Å². The molecule has 1 rings (SSSR count). The molecule has 1 N–H and O–H groups in total. The lowest BCUT2D eigenvalue weighted by molar-refractivity contribution is -0.136. The molecule has 0 aliphatic rings. The number of carboxylic acid groups (broad SMARTS) is 1. The summed E-state index contributed by atoms with van der Waals surface area (Å²) in [6.45, 7) is 0. The number of hydrogen-bond acceptors (Lipinski definition) is 2. The maximum absolute atomic E-state index is 12.7. The molecule has 0 saturated heterocycles. The fraction of sp³-hybridized carbons (Fsp3) is 0.143. The lowest BCUT2D eigenvalue weighted by atomic mass is 10.2. The molecule has 3 nitrogen and oxygen atoms in total. The Bertz CT molecular complexity index is 316. The van der Waals surface area contributed by atoms with Gasteiger partial charge in [-0.1, -0.05) is 0 Å². The maximum atomic E-state index is 12.7. The summed E-state index contributed by atoms with van der Waals surface area (Å²) in [5.74, 6) is -1.81. The van der Waals surface area contributed by atoms with E-state index < -0.39 is 11.9 Å². The molecule has 0 aromatic carbocycles. The van der Waals surface area contributed by atoms with Crippen LogP contribution in [0.1, 0.15) is 5.56 Å². The van der Waals surface area contributed by atoms with Gasteiger partial charge in [-0.25, -0.2) is 4.98 Å². The van der Waals surface area contributed by atoms with Gasteiger partial charge in [0, 0.05) is 16.2 Å². The molecule has 0 spiro atoms. The van der Waals surface area contributed by atoms with Gasteiger partial charge in [0.05, 0.1) is 6.42 Å². The summed E-state index contributed by atoms with van der Waals surface area (Å²) >= 11 is 3.06. The molecule has 12 heavy (non-hydrogen) atoms. The van der Waals surface area contributed by atoms with E-state index >= 15 is 0 Å². The zero-order valence-corrected chi connectivity index (χ0v) is 7.51. The van der Waals surface area contributed by atoms with E-state index in [1.807, 2.05) is 0 Å². The SMILES string of the molecule is O=C(O)Cc1cc(Br)cnc1F. The van der Waals surface area contributed by atoms with Gasteiger partial charge in [-0.2, -0.15) is 4.39 Å². The van der Waals surface area contributed by atoms with E-state index in [0.717, 1.165) is 0 Å². The monoisotopic (exact) mass is 233 g/mol. The Labute approximate surface area is 76.4 Å². The number of hydrogen-bond donors (Lipinski definition) is 1. The minimum absolute atomic E-state index is 0.0804. The molecule has 0 fully saturated rings.